The largest absolute Gasteiger partial charge is 0.494 e. The van der Waals surface area contributed by atoms with Gasteiger partial charge in [0.2, 0.25) is 0 Å². The number of nitrogens with one attached hydrogen (secondary N) is 1. The Balaban J connectivity index is 2.40. The Morgan fingerprint density at radius 3 is 2.56 bits per heavy atom. The van der Waals surface area contributed by atoms with E-state index in [2.05, 4.69) is 10.1 Å². The second-order valence-electron chi connectivity index (χ2n) is 4.24. The summed E-state index contributed by atoms with van der Waals surface area (Å²) in [4.78, 5) is 0. The van der Waals surface area contributed by atoms with Crippen molar-refractivity contribution in [2.45, 2.75) is 24.8 Å². The SMILES string of the molecule is COc1cc(F)c(C(F)(F)C2CCCN2)cc1F. The Kier molecular flexibility index (Phi) is 3.47. The molecule has 0 amide bonds. The lowest BCUT2D eigenvalue weighted by molar-refractivity contribution is -0.0410. The highest BCUT2D eigenvalue weighted by atomic mass is 19.3. The molecule has 1 fully saturated rings. The van der Waals surface area contributed by atoms with Crippen LogP contribution in [0.25, 0.3) is 0 Å². The molecular weight excluding hydrogens is 250 g/mol. The summed E-state index contributed by atoms with van der Waals surface area (Å²) in [5, 5.41) is 2.60. The van der Waals surface area contributed by atoms with Gasteiger partial charge < -0.3 is 10.1 Å². The van der Waals surface area contributed by atoms with Crippen molar-refractivity contribution < 1.29 is 22.3 Å². The molecule has 2 nitrogen and oxygen atoms in total. The average Bonchev–Trinajstić information content (AvgIpc) is 2.85. The minimum atomic E-state index is -3.44. The molecule has 1 heterocycles. The molecule has 2 rings (SSSR count). The lowest BCUT2D eigenvalue weighted by Crippen LogP contribution is -2.39. The van der Waals surface area contributed by atoms with E-state index in [9.17, 15) is 17.6 Å². The summed E-state index contributed by atoms with van der Waals surface area (Å²) >= 11 is 0. The molecule has 0 bridgehead atoms. The zero-order valence-electron chi connectivity index (χ0n) is 9.77. The monoisotopic (exact) mass is 263 g/mol. The predicted octanol–water partition coefficient (Wildman–Crippen LogP) is 2.82. The summed E-state index contributed by atoms with van der Waals surface area (Å²) in [5.41, 5.74) is -0.930. The molecule has 1 unspecified atom stereocenters. The number of hydrogen-bond donors (Lipinski definition) is 1. The van der Waals surface area contributed by atoms with E-state index in [4.69, 9.17) is 0 Å². The Labute approximate surface area is 102 Å². The van der Waals surface area contributed by atoms with Crippen molar-refractivity contribution in [3.8, 4) is 5.75 Å². The third kappa shape index (κ3) is 2.16. The van der Waals surface area contributed by atoms with Crippen LogP contribution in [0.3, 0.4) is 0 Å². The second kappa shape index (κ2) is 4.76. The Morgan fingerprint density at radius 2 is 2.00 bits per heavy atom. The van der Waals surface area contributed by atoms with Crippen molar-refractivity contribution in [1.29, 1.82) is 0 Å². The topological polar surface area (TPSA) is 21.3 Å². The molecule has 6 heteroatoms. The molecule has 0 aliphatic carbocycles. The maximum Gasteiger partial charge on any atom is 0.291 e. The van der Waals surface area contributed by atoms with Crippen molar-refractivity contribution in [1.82, 2.24) is 5.32 Å². The number of rotatable bonds is 3. The van der Waals surface area contributed by atoms with E-state index >= 15 is 0 Å². The Morgan fingerprint density at radius 1 is 1.28 bits per heavy atom. The molecule has 0 saturated carbocycles. The molecule has 1 N–H and O–H groups in total. The quantitative estimate of drug-likeness (QED) is 0.847. The fourth-order valence-corrected chi connectivity index (χ4v) is 2.12. The molecule has 18 heavy (non-hydrogen) atoms. The van der Waals surface area contributed by atoms with E-state index in [1.165, 1.54) is 0 Å². The van der Waals surface area contributed by atoms with Crippen LogP contribution in [0.15, 0.2) is 12.1 Å². The van der Waals surface area contributed by atoms with E-state index < -0.39 is 29.2 Å². The van der Waals surface area contributed by atoms with E-state index in [1.54, 1.807) is 0 Å². The summed E-state index contributed by atoms with van der Waals surface area (Å²) < 4.78 is 59.6. The van der Waals surface area contributed by atoms with Crippen LogP contribution in [0.5, 0.6) is 5.75 Å². The van der Waals surface area contributed by atoms with Gasteiger partial charge in [-0.2, -0.15) is 8.78 Å². The summed E-state index contributed by atoms with van der Waals surface area (Å²) in [6.07, 6.45) is 0.834. The predicted molar refractivity (Wildman–Crippen MR) is 57.8 cm³/mol. The number of alkyl halides is 2. The molecule has 1 aromatic rings. The lowest BCUT2D eigenvalue weighted by Gasteiger charge is -2.24. The minimum absolute atomic E-state index is 0.236. The Hall–Kier alpha value is -1.30. The Bertz CT molecular complexity index is 444. The maximum absolute atomic E-state index is 14.0. The molecule has 0 spiro atoms. The summed E-state index contributed by atoms with van der Waals surface area (Å²) in [5.74, 6) is -5.97. The first-order valence-corrected chi connectivity index (χ1v) is 5.61. The highest BCUT2D eigenvalue weighted by Gasteiger charge is 2.45. The lowest BCUT2D eigenvalue weighted by atomic mass is 9.99. The molecule has 0 aromatic heterocycles. The minimum Gasteiger partial charge on any atom is -0.494 e. The van der Waals surface area contributed by atoms with Gasteiger partial charge in [-0.05, 0) is 25.5 Å². The molecule has 0 radical (unpaired) electrons. The van der Waals surface area contributed by atoms with Gasteiger partial charge in [-0.25, -0.2) is 8.78 Å². The highest BCUT2D eigenvalue weighted by molar-refractivity contribution is 5.34. The summed E-state index contributed by atoms with van der Waals surface area (Å²) in [7, 11) is 1.15. The number of ether oxygens (including phenoxy) is 1. The third-order valence-corrected chi connectivity index (χ3v) is 3.10. The fourth-order valence-electron chi connectivity index (χ4n) is 2.12. The number of hydrogen-bond acceptors (Lipinski definition) is 2. The first-order chi connectivity index (χ1) is 8.46. The molecule has 1 atom stereocenters. The van der Waals surface area contributed by atoms with Crippen LogP contribution in [-0.2, 0) is 5.92 Å². The number of benzene rings is 1. The molecular formula is C12H13F4NO. The normalized spacial score (nSPS) is 20.2. The van der Waals surface area contributed by atoms with Crippen LogP contribution in [0.2, 0.25) is 0 Å². The van der Waals surface area contributed by atoms with E-state index in [0.29, 0.717) is 25.1 Å². The molecule has 1 aliphatic rings. The van der Waals surface area contributed by atoms with Crippen LogP contribution in [0.4, 0.5) is 17.6 Å². The van der Waals surface area contributed by atoms with Crippen LogP contribution >= 0.6 is 0 Å². The van der Waals surface area contributed by atoms with Crippen molar-refractivity contribution in [3.05, 3.63) is 29.3 Å². The average molecular weight is 263 g/mol. The van der Waals surface area contributed by atoms with Gasteiger partial charge in [-0.3, -0.25) is 0 Å². The maximum atomic E-state index is 14.0. The van der Waals surface area contributed by atoms with Crippen LogP contribution in [0.1, 0.15) is 18.4 Å². The van der Waals surface area contributed by atoms with E-state index in [-0.39, 0.29) is 12.2 Å². The van der Waals surface area contributed by atoms with Gasteiger partial charge in [0, 0.05) is 6.07 Å². The standard InChI is InChI=1S/C12H13F4NO/c1-18-10-6-8(13)7(5-9(10)14)12(15,16)11-3-2-4-17-11/h5-6,11,17H,2-4H2,1H3. The van der Waals surface area contributed by atoms with Crippen LogP contribution < -0.4 is 10.1 Å². The zero-order chi connectivity index (χ0) is 13.3. The second-order valence-corrected chi connectivity index (χ2v) is 4.24. The molecule has 100 valence electrons. The van der Waals surface area contributed by atoms with Gasteiger partial charge in [0.25, 0.3) is 5.92 Å². The smallest absolute Gasteiger partial charge is 0.291 e. The first-order valence-electron chi connectivity index (χ1n) is 5.61. The fraction of sp³-hybridized carbons (Fsp3) is 0.500. The van der Waals surface area contributed by atoms with Crippen LogP contribution in [-0.4, -0.2) is 19.7 Å². The van der Waals surface area contributed by atoms with Gasteiger partial charge >= 0.3 is 0 Å². The highest BCUT2D eigenvalue weighted by Crippen LogP contribution is 2.38. The van der Waals surface area contributed by atoms with E-state index in [0.717, 1.165) is 7.11 Å². The van der Waals surface area contributed by atoms with Crippen molar-refractivity contribution in [2.75, 3.05) is 13.7 Å². The number of methoxy groups -OCH3 is 1. The third-order valence-electron chi connectivity index (χ3n) is 3.10. The number of halogens is 4. The summed E-state index contributed by atoms with van der Waals surface area (Å²) in [6, 6.07) is 0.00149. The molecule has 1 aromatic carbocycles. The van der Waals surface area contributed by atoms with E-state index in [1.807, 2.05) is 0 Å². The van der Waals surface area contributed by atoms with Gasteiger partial charge in [-0.15, -0.1) is 0 Å². The summed E-state index contributed by atoms with van der Waals surface area (Å²) in [6.45, 7) is 0.459. The molecule has 1 aliphatic heterocycles. The zero-order valence-corrected chi connectivity index (χ0v) is 9.77. The van der Waals surface area contributed by atoms with Gasteiger partial charge in [-0.1, -0.05) is 0 Å². The molecule has 1 saturated heterocycles. The van der Waals surface area contributed by atoms with Gasteiger partial charge in [0.05, 0.1) is 18.7 Å². The van der Waals surface area contributed by atoms with Gasteiger partial charge in [0.15, 0.2) is 11.6 Å². The van der Waals surface area contributed by atoms with Crippen molar-refractivity contribution in [3.63, 3.8) is 0 Å². The first kappa shape index (κ1) is 13.1. The van der Waals surface area contributed by atoms with Crippen molar-refractivity contribution in [2.24, 2.45) is 0 Å². The van der Waals surface area contributed by atoms with Crippen molar-refractivity contribution >= 4 is 0 Å². The van der Waals surface area contributed by atoms with Crippen LogP contribution in [0, 0.1) is 11.6 Å². The van der Waals surface area contributed by atoms with Gasteiger partial charge in [0.1, 0.15) is 5.82 Å².